The molecule has 0 radical (unpaired) electrons. The van der Waals surface area contributed by atoms with Crippen LogP contribution < -0.4 is 0 Å². The Hall–Kier alpha value is -2.38. The molecule has 0 spiro atoms. The van der Waals surface area contributed by atoms with E-state index in [4.69, 9.17) is 21.1 Å². The number of hydrogen-bond donors (Lipinski definition) is 0. The van der Waals surface area contributed by atoms with Gasteiger partial charge in [0.1, 0.15) is 15.8 Å². The fourth-order valence-electron chi connectivity index (χ4n) is 3.09. The quantitative estimate of drug-likeness (QED) is 0.615. The van der Waals surface area contributed by atoms with Crippen LogP contribution in [0.15, 0.2) is 30.3 Å². The van der Waals surface area contributed by atoms with Crippen LogP contribution in [0.3, 0.4) is 0 Å². The molecular formula is C19H17ClN2O4S. The topological polar surface area (TPSA) is 70.4 Å². The first-order chi connectivity index (χ1) is 12.9. The van der Waals surface area contributed by atoms with Crippen molar-refractivity contribution < 1.29 is 19.1 Å². The number of benzene rings is 1. The van der Waals surface area contributed by atoms with Crippen LogP contribution in [0.5, 0.6) is 0 Å². The molecule has 2 atom stereocenters. The molecule has 0 unspecified atom stereocenters. The molecule has 1 saturated heterocycles. The number of cyclic esters (lactones) is 1. The van der Waals surface area contributed by atoms with E-state index in [2.05, 4.69) is 5.10 Å². The highest BCUT2D eigenvalue weighted by molar-refractivity contribution is 7.20. The molecule has 0 amide bonds. The van der Waals surface area contributed by atoms with Crippen LogP contribution in [-0.4, -0.2) is 33.9 Å². The third kappa shape index (κ3) is 3.57. The monoisotopic (exact) mass is 404 g/mol. The Kier molecular flexibility index (Phi) is 4.65. The van der Waals surface area contributed by atoms with Gasteiger partial charge < -0.3 is 9.47 Å². The van der Waals surface area contributed by atoms with Gasteiger partial charge in [-0.2, -0.15) is 5.10 Å². The minimum Gasteiger partial charge on any atom is -0.460 e. The van der Waals surface area contributed by atoms with Crippen LogP contribution in [0.25, 0.3) is 10.2 Å². The van der Waals surface area contributed by atoms with Crippen molar-refractivity contribution in [3.8, 4) is 0 Å². The van der Waals surface area contributed by atoms with Crippen molar-refractivity contribution in [2.75, 3.05) is 0 Å². The van der Waals surface area contributed by atoms with Crippen molar-refractivity contribution in [2.24, 2.45) is 0 Å². The molecule has 27 heavy (non-hydrogen) atoms. The van der Waals surface area contributed by atoms with Gasteiger partial charge in [-0.1, -0.05) is 23.7 Å². The molecule has 0 saturated carbocycles. The predicted molar refractivity (Wildman–Crippen MR) is 102 cm³/mol. The Morgan fingerprint density at radius 2 is 2.15 bits per heavy atom. The number of aromatic nitrogens is 2. The molecule has 4 rings (SSSR count). The van der Waals surface area contributed by atoms with E-state index in [1.54, 1.807) is 13.0 Å². The molecule has 0 bridgehead atoms. The maximum Gasteiger partial charge on any atom is 0.349 e. The number of esters is 2. The molecule has 1 aromatic carbocycles. The number of carbonyl (C=O) groups is 2. The van der Waals surface area contributed by atoms with E-state index in [9.17, 15) is 9.59 Å². The molecular weight excluding hydrogens is 388 g/mol. The van der Waals surface area contributed by atoms with E-state index < -0.39 is 18.0 Å². The second-order valence-corrected chi connectivity index (χ2v) is 8.04. The Labute approximate surface area is 164 Å². The zero-order valence-electron chi connectivity index (χ0n) is 14.8. The second-order valence-electron chi connectivity index (χ2n) is 6.58. The zero-order chi connectivity index (χ0) is 19.1. The van der Waals surface area contributed by atoms with Gasteiger partial charge in [-0.3, -0.25) is 4.68 Å². The summed E-state index contributed by atoms with van der Waals surface area (Å²) >= 11 is 7.24. The molecule has 0 aliphatic carbocycles. The summed E-state index contributed by atoms with van der Waals surface area (Å²) in [4.78, 5) is 25.5. The van der Waals surface area contributed by atoms with E-state index in [-0.39, 0.29) is 6.10 Å². The third-order valence-electron chi connectivity index (χ3n) is 4.43. The van der Waals surface area contributed by atoms with E-state index >= 15 is 0 Å². The number of hydrogen-bond acceptors (Lipinski definition) is 6. The Balaban J connectivity index is 1.57. The van der Waals surface area contributed by atoms with Crippen molar-refractivity contribution >= 4 is 45.1 Å². The van der Waals surface area contributed by atoms with Gasteiger partial charge >= 0.3 is 11.9 Å². The number of nitrogens with zero attached hydrogens (tertiary/aromatic N) is 2. The standard InChI is InChI=1S/C19H17ClN2O4S/c1-10-7-15(18(23)25-10)26-19(24)16-8-14-11(2)21-22(17(14)27-16)9-12-3-5-13(20)6-4-12/h3-6,8,10,15H,7,9H2,1-2H3/t10-,15-/m0/s1. The van der Waals surface area contributed by atoms with Gasteiger partial charge in [0.2, 0.25) is 6.10 Å². The average Bonchev–Trinajstić information content (AvgIpc) is 3.27. The molecule has 8 heteroatoms. The SMILES string of the molecule is Cc1nn(Cc2ccc(Cl)cc2)c2sc(C(=O)O[C@H]3C[C@H](C)OC3=O)cc12. The minimum absolute atomic E-state index is 0.229. The number of halogens is 1. The Bertz CT molecular complexity index is 1020. The van der Waals surface area contributed by atoms with Gasteiger partial charge in [-0.25, -0.2) is 9.59 Å². The lowest BCUT2D eigenvalue weighted by Gasteiger charge is -2.06. The summed E-state index contributed by atoms with van der Waals surface area (Å²) in [5, 5.41) is 6.15. The van der Waals surface area contributed by atoms with Gasteiger partial charge in [0.25, 0.3) is 0 Å². The molecule has 0 N–H and O–H groups in total. The Morgan fingerprint density at radius 1 is 1.41 bits per heavy atom. The molecule has 1 fully saturated rings. The Morgan fingerprint density at radius 3 is 2.81 bits per heavy atom. The molecule has 140 valence electrons. The summed E-state index contributed by atoms with van der Waals surface area (Å²) in [5.74, 6) is -0.994. The smallest absolute Gasteiger partial charge is 0.349 e. The summed E-state index contributed by atoms with van der Waals surface area (Å²) in [5.41, 5.74) is 1.90. The molecule has 2 aromatic heterocycles. The van der Waals surface area contributed by atoms with E-state index in [0.717, 1.165) is 21.5 Å². The summed E-state index contributed by atoms with van der Waals surface area (Å²) < 4.78 is 12.2. The highest BCUT2D eigenvalue weighted by Gasteiger charge is 2.35. The fraction of sp³-hybridized carbons (Fsp3) is 0.316. The normalized spacial score (nSPS) is 19.4. The largest absolute Gasteiger partial charge is 0.460 e. The van der Waals surface area contributed by atoms with Crippen molar-refractivity contribution in [3.63, 3.8) is 0 Å². The average molecular weight is 405 g/mol. The van der Waals surface area contributed by atoms with Crippen LogP contribution >= 0.6 is 22.9 Å². The summed E-state index contributed by atoms with van der Waals surface area (Å²) in [6.07, 6.45) is -0.670. The third-order valence-corrected chi connectivity index (χ3v) is 5.81. The van der Waals surface area contributed by atoms with E-state index in [1.165, 1.54) is 11.3 Å². The van der Waals surface area contributed by atoms with Crippen LogP contribution in [0.2, 0.25) is 5.02 Å². The van der Waals surface area contributed by atoms with Gasteiger partial charge in [-0.15, -0.1) is 11.3 Å². The minimum atomic E-state index is -0.829. The summed E-state index contributed by atoms with van der Waals surface area (Å²) in [7, 11) is 0. The lowest BCUT2D eigenvalue weighted by molar-refractivity contribution is -0.147. The van der Waals surface area contributed by atoms with Crippen LogP contribution in [0.4, 0.5) is 0 Å². The van der Waals surface area contributed by atoms with Crippen molar-refractivity contribution in [3.05, 3.63) is 51.5 Å². The number of ether oxygens (including phenoxy) is 2. The molecule has 6 nitrogen and oxygen atoms in total. The van der Waals surface area contributed by atoms with Crippen molar-refractivity contribution in [1.82, 2.24) is 9.78 Å². The van der Waals surface area contributed by atoms with E-state index in [0.29, 0.717) is 22.9 Å². The molecule has 1 aliphatic heterocycles. The van der Waals surface area contributed by atoms with Crippen LogP contribution in [0.1, 0.15) is 34.3 Å². The van der Waals surface area contributed by atoms with Gasteiger partial charge in [0.05, 0.1) is 12.2 Å². The number of aryl methyl sites for hydroxylation is 1. The van der Waals surface area contributed by atoms with Crippen LogP contribution in [-0.2, 0) is 20.8 Å². The van der Waals surface area contributed by atoms with Gasteiger partial charge in [-0.05, 0) is 37.6 Å². The highest BCUT2D eigenvalue weighted by atomic mass is 35.5. The fourth-order valence-corrected chi connectivity index (χ4v) is 4.26. The van der Waals surface area contributed by atoms with E-state index in [1.807, 2.05) is 35.9 Å². The first-order valence-corrected chi connectivity index (χ1v) is 9.73. The molecule has 3 heterocycles. The van der Waals surface area contributed by atoms with Gasteiger partial charge in [0.15, 0.2) is 0 Å². The first kappa shape index (κ1) is 18.0. The lowest BCUT2D eigenvalue weighted by Crippen LogP contribution is -2.22. The van der Waals surface area contributed by atoms with Crippen molar-refractivity contribution in [1.29, 1.82) is 0 Å². The second kappa shape index (κ2) is 6.98. The summed E-state index contributed by atoms with van der Waals surface area (Å²) in [6.45, 7) is 4.25. The maximum absolute atomic E-state index is 12.5. The zero-order valence-corrected chi connectivity index (χ0v) is 16.3. The molecule has 3 aromatic rings. The number of rotatable bonds is 4. The number of thiophene rings is 1. The number of carbonyl (C=O) groups excluding carboxylic acids is 2. The van der Waals surface area contributed by atoms with Crippen LogP contribution in [0, 0.1) is 6.92 Å². The predicted octanol–water partition coefficient (Wildman–Crippen LogP) is 3.97. The van der Waals surface area contributed by atoms with Crippen molar-refractivity contribution in [2.45, 2.75) is 39.0 Å². The lowest BCUT2D eigenvalue weighted by atomic mass is 10.2. The highest BCUT2D eigenvalue weighted by Crippen LogP contribution is 2.30. The maximum atomic E-state index is 12.5. The summed E-state index contributed by atoms with van der Waals surface area (Å²) in [6, 6.07) is 9.33. The van der Waals surface area contributed by atoms with Gasteiger partial charge in [0, 0.05) is 16.8 Å². The first-order valence-electron chi connectivity index (χ1n) is 8.53. The molecule has 1 aliphatic rings. The number of fused-ring (bicyclic) bond motifs is 1.